The van der Waals surface area contributed by atoms with Gasteiger partial charge in [0.25, 0.3) is 0 Å². The molecular weight excluding hydrogens is 415 g/mol. The zero-order chi connectivity index (χ0) is 22.4. The Hall–Kier alpha value is -2.75. The van der Waals surface area contributed by atoms with Crippen molar-refractivity contribution < 1.29 is 24.1 Å². The molecule has 32 heavy (non-hydrogen) atoms. The molecule has 0 radical (unpaired) electrons. The first-order valence-electron chi connectivity index (χ1n) is 11.0. The quantitative estimate of drug-likeness (QED) is 0.556. The van der Waals surface area contributed by atoms with E-state index in [4.69, 9.17) is 9.47 Å². The van der Waals surface area contributed by atoms with E-state index in [0.29, 0.717) is 49.5 Å². The van der Waals surface area contributed by atoms with Crippen LogP contribution in [0.3, 0.4) is 0 Å². The van der Waals surface area contributed by atoms with E-state index in [0.717, 1.165) is 16.6 Å². The molecule has 4 atom stereocenters. The summed E-state index contributed by atoms with van der Waals surface area (Å²) in [5.74, 6) is 0.273. The number of fused-ring (bicyclic) bond motifs is 2. The fraction of sp³-hybridized carbons (Fsp3) is 0.478. The lowest BCUT2D eigenvalue weighted by molar-refractivity contribution is -0.0167. The van der Waals surface area contributed by atoms with E-state index in [2.05, 4.69) is 15.3 Å². The van der Waals surface area contributed by atoms with Gasteiger partial charge in [0.2, 0.25) is 0 Å². The van der Waals surface area contributed by atoms with Gasteiger partial charge in [-0.3, -0.25) is 0 Å². The Bertz CT molecular complexity index is 1150. The molecule has 1 aliphatic carbocycles. The zero-order valence-electron chi connectivity index (χ0n) is 18.1. The van der Waals surface area contributed by atoms with Crippen molar-refractivity contribution in [3.8, 4) is 11.5 Å². The average Bonchev–Trinajstić information content (AvgIpc) is 3.34. The molecule has 0 bridgehead atoms. The van der Waals surface area contributed by atoms with Crippen molar-refractivity contribution >= 4 is 11.0 Å². The highest BCUT2D eigenvalue weighted by atomic mass is 19.1. The van der Waals surface area contributed by atoms with Crippen molar-refractivity contribution in [3.05, 3.63) is 47.3 Å². The third-order valence-corrected chi connectivity index (χ3v) is 6.50. The number of aliphatic hydroxyl groups is 2. The molecule has 3 heterocycles. The minimum Gasteiger partial charge on any atom is -0.491 e. The molecule has 0 unspecified atom stereocenters. The van der Waals surface area contributed by atoms with E-state index in [1.54, 1.807) is 13.0 Å². The molecule has 1 saturated carbocycles. The first-order chi connectivity index (χ1) is 15.5. The number of aryl methyl sites for hydroxylation is 1. The lowest BCUT2D eigenvalue weighted by atomic mass is 9.98. The van der Waals surface area contributed by atoms with Crippen molar-refractivity contribution in [3.63, 3.8) is 0 Å². The van der Waals surface area contributed by atoms with Gasteiger partial charge in [-0.1, -0.05) is 0 Å². The molecule has 9 heteroatoms. The third kappa shape index (κ3) is 3.41. The summed E-state index contributed by atoms with van der Waals surface area (Å²) < 4.78 is 28.5. The van der Waals surface area contributed by atoms with Gasteiger partial charge in [0.05, 0.1) is 18.3 Å². The molecular formula is C23H27FN4O4. The molecule has 5 rings (SSSR count). The topological polar surface area (TPSA) is 102 Å². The minimum absolute atomic E-state index is 0.149. The van der Waals surface area contributed by atoms with Gasteiger partial charge < -0.3 is 29.6 Å². The number of nitrogens with one attached hydrogen (secondary N) is 1. The SMILES string of the molecule is CCOc1cc(O[C@H]2C[C@@H](n3ccc4c(C)ncnc43)[C@H](O)[C@@H]2O)c2c(c1F)CCNC2. The molecule has 3 N–H and O–H groups in total. The Morgan fingerprint density at radius 3 is 2.88 bits per heavy atom. The number of ether oxygens (including phenoxy) is 2. The first kappa shape index (κ1) is 21.1. The van der Waals surface area contributed by atoms with Crippen LogP contribution in [0.1, 0.15) is 36.2 Å². The van der Waals surface area contributed by atoms with Crippen LogP contribution in [0.15, 0.2) is 24.7 Å². The first-order valence-corrected chi connectivity index (χ1v) is 11.0. The van der Waals surface area contributed by atoms with E-state index in [1.807, 2.05) is 23.8 Å². The fourth-order valence-electron chi connectivity index (χ4n) is 4.83. The minimum atomic E-state index is -1.10. The number of rotatable bonds is 5. The Balaban J connectivity index is 1.46. The fourth-order valence-corrected chi connectivity index (χ4v) is 4.83. The maximum Gasteiger partial charge on any atom is 0.168 e. The monoisotopic (exact) mass is 442 g/mol. The lowest BCUT2D eigenvalue weighted by Gasteiger charge is -2.26. The second-order valence-electron chi connectivity index (χ2n) is 8.36. The lowest BCUT2D eigenvalue weighted by Crippen LogP contribution is -2.35. The molecule has 8 nitrogen and oxygen atoms in total. The molecule has 170 valence electrons. The molecule has 1 aliphatic heterocycles. The van der Waals surface area contributed by atoms with Crippen molar-refractivity contribution in [2.75, 3.05) is 13.2 Å². The van der Waals surface area contributed by atoms with Crippen molar-refractivity contribution in [1.82, 2.24) is 19.9 Å². The predicted molar refractivity (Wildman–Crippen MR) is 115 cm³/mol. The van der Waals surface area contributed by atoms with Gasteiger partial charge >= 0.3 is 0 Å². The van der Waals surface area contributed by atoms with Crippen LogP contribution in [-0.2, 0) is 13.0 Å². The van der Waals surface area contributed by atoms with Crippen LogP contribution >= 0.6 is 0 Å². The van der Waals surface area contributed by atoms with Gasteiger partial charge in [-0.25, -0.2) is 14.4 Å². The summed E-state index contributed by atoms with van der Waals surface area (Å²) in [5.41, 5.74) is 2.87. The van der Waals surface area contributed by atoms with Crippen LogP contribution in [0.5, 0.6) is 11.5 Å². The van der Waals surface area contributed by atoms with Crippen LogP contribution in [-0.4, -0.2) is 56.2 Å². The molecule has 0 amide bonds. The van der Waals surface area contributed by atoms with Crippen LogP contribution in [0.4, 0.5) is 4.39 Å². The van der Waals surface area contributed by atoms with Gasteiger partial charge in [-0.05, 0) is 32.9 Å². The van der Waals surface area contributed by atoms with Crippen molar-refractivity contribution in [2.24, 2.45) is 0 Å². The summed E-state index contributed by atoms with van der Waals surface area (Å²) in [6.45, 7) is 5.19. The summed E-state index contributed by atoms with van der Waals surface area (Å²) in [6.07, 6.45) is 1.45. The smallest absolute Gasteiger partial charge is 0.168 e. The second-order valence-corrected chi connectivity index (χ2v) is 8.36. The summed E-state index contributed by atoms with van der Waals surface area (Å²) >= 11 is 0. The summed E-state index contributed by atoms with van der Waals surface area (Å²) in [7, 11) is 0. The molecule has 2 aromatic heterocycles. The van der Waals surface area contributed by atoms with E-state index < -0.39 is 24.4 Å². The molecule has 2 aliphatic rings. The highest BCUT2D eigenvalue weighted by Crippen LogP contribution is 2.39. The number of halogens is 1. The normalized spacial score (nSPS) is 25.2. The van der Waals surface area contributed by atoms with E-state index in [-0.39, 0.29) is 11.6 Å². The van der Waals surface area contributed by atoms with Crippen LogP contribution in [0.2, 0.25) is 0 Å². The van der Waals surface area contributed by atoms with Crippen LogP contribution in [0.25, 0.3) is 11.0 Å². The van der Waals surface area contributed by atoms with E-state index in [1.165, 1.54) is 6.33 Å². The number of aromatic nitrogens is 3. The van der Waals surface area contributed by atoms with E-state index in [9.17, 15) is 14.6 Å². The Morgan fingerprint density at radius 1 is 1.22 bits per heavy atom. The van der Waals surface area contributed by atoms with Crippen molar-refractivity contribution in [2.45, 2.75) is 57.6 Å². The number of aliphatic hydroxyl groups excluding tert-OH is 2. The number of nitrogens with zero attached hydrogens (tertiary/aromatic N) is 3. The van der Waals surface area contributed by atoms with Crippen LogP contribution < -0.4 is 14.8 Å². The highest BCUT2D eigenvalue weighted by molar-refractivity contribution is 5.78. The molecule has 3 aromatic rings. The summed E-state index contributed by atoms with van der Waals surface area (Å²) in [6, 6.07) is 3.05. The maximum absolute atomic E-state index is 14.9. The largest absolute Gasteiger partial charge is 0.491 e. The standard InChI is InChI=1S/C23H27FN4O4/c1-3-31-18-9-17(15-10-25-6-4-14(15)20(18)24)32-19-8-16(21(29)22(19)30)28-7-5-13-12(2)26-11-27-23(13)28/h5,7,9,11,16,19,21-22,25,29-30H,3-4,6,8,10H2,1-2H3/t16-,19+,21+,22-/m1/s1. The van der Waals surface area contributed by atoms with Gasteiger partial charge in [0.15, 0.2) is 11.6 Å². The number of benzene rings is 1. The summed E-state index contributed by atoms with van der Waals surface area (Å²) in [5, 5.41) is 25.8. The highest BCUT2D eigenvalue weighted by Gasteiger charge is 2.45. The predicted octanol–water partition coefficient (Wildman–Crippen LogP) is 2.04. The zero-order valence-corrected chi connectivity index (χ0v) is 18.1. The Morgan fingerprint density at radius 2 is 2.06 bits per heavy atom. The average molecular weight is 442 g/mol. The van der Waals surface area contributed by atoms with E-state index >= 15 is 0 Å². The number of hydrogen-bond donors (Lipinski definition) is 3. The number of hydrogen-bond acceptors (Lipinski definition) is 7. The van der Waals surface area contributed by atoms with Gasteiger partial charge in [0, 0.05) is 41.7 Å². The van der Waals surface area contributed by atoms with Crippen molar-refractivity contribution in [1.29, 1.82) is 0 Å². The Labute approximate surface area is 185 Å². The molecule has 1 aromatic carbocycles. The summed E-state index contributed by atoms with van der Waals surface area (Å²) in [4.78, 5) is 8.58. The van der Waals surface area contributed by atoms with Gasteiger partial charge in [-0.15, -0.1) is 0 Å². The molecule has 0 saturated heterocycles. The molecule has 1 fully saturated rings. The second kappa shape index (κ2) is 8.31. The maximum atomic E-state index is 14.9. The van der Waals surface area contributed by atoms with Gasteiger partial charge in [0.1, 0.15) is 36.0 Å². The molecule has 0 spiro atoms. The van der Waals surface area contributed by atoms with Gasteiger partial charge in [-0.2, -0.15) is 0 Å². The third-order valence-electron chi connectivity index (χ3n) is 6.50. The van der Waals surface area contributed by atoms with Crippen LogP contribution in [0, 0.1) is 12.7 Å². The Kier molecular flexibility index (Phi) is 5.48.